The van der Waals surface area contributed by atoms with Gasteiger partial charge in [-0.05, 0) is 30.0 Å². The third-order valence-corrected chi connectivity index (χ3v) is 4.44. The second-order valence-corrected chi connectivity index (χ2v) is 7.42. The molecule has 2 N–H and O–H groups in total. The van der Waals surface area contributed by atoms with Crippen LogP contribution in [0.2, 0.25) is 0 Å². The van der Waals surface area contributed by atoms with Crippen molar-refractivity contribution >= 4 is 10.0 Å². The van der Waals surface area contributed by atoms with E-state index in [4.69, 9.17) is 0 Å². The van der Waals surface area contributed by atoms with E-state index >= 15 is 0 Å². The molecule has 22 heavy (non-hydrogen) atoms. The van der Waals surface area contributed by atoms with E-state index in [0.29, 0.717) is 6.42 Å². The minimum atomic E-state index is -4.51. The van der Waals surface area contributed by atoms with Crippen LogP contribution in [0.4, 0.5) is 13.2 Å². The van der Waals surface area contributed by atoms with Crippen LogP contribution in [0, 0.1) is 5.92 Å². The van der Waals surface area contributed by atoms with Crippen LogP contribution >= 0.6 is 0 Å². The van der Waals surface area contributed by atoms with E-state index in [1.807, 2.05) is 13.8 Å². The summed E-state index contributed by atoms with van der Waals surface area (Å²) in [5.41, 5.74) is -0.868. The predicted octanol–water partition coefficient (Wildman–Crippen LogP) is 2.70. The summed E-state index contributed by atoms with van der Waals surface area (Å²) in [7, 11) is -3.55. The zero-order valence-electron chi connectivity index (χ0n) is 12.4. The van der Waals surface area contributed by atoms with Crippen LogP contribution in [-0.4, -0.2) is 25.8 Å². The third kappa shape index (κ3) is 6.33. The van der Waals surface area contributed by atoms with E-state index in [1.165, 1.54) is 12.1 Å². The molecule has 0 amide bonds. The lowest BCUT2D eigenvalue weighted by Crippen LogP contribution is -2.31. The number of aliphatic hydroxyl groups is 1. The smallest absolute Gasteiger partial charge is 0.387 e. The van der Waals surface area contributed by atoms with Crippen molar-refractivity contribution in [1.29, 1.82) is 0 Å². The van der Waals surface area contributed by atoms with Gasteiger partial charge in [-0.2, -0.15) is 13.2 Å². The molecule has 1 unspecified atom stereocenters. The lowest BCUT2D eigenvalue weighted by atomic mass is 10.1. The van der Waals surface area contributed by atoms with Crippen molar-refractivity contribution < 1.29 is 26.7 Å². The molecule has 126 valence electrons. The van der Waals surface area contributed by atoms with Gasteiger partial charge in [-0.15, -0.1) is 0 Å². The minimum absolute atomic E-state index is 0.0152. The van der Waals surface area contributed by atoms with Gasteiger partial charge in [0, 0.05) is 6.54 Å². The number of halogens is 3. The fourth-order valence-electron chi connectivity index (χ4n) is 1.71. The number of alkyl halides is 3. The zero-order valence-corrected chi connectivity index (χ0v) is 13.2. The molecule has 0 aliphatic heterocycles. The van der Waals surface area contributed by atoms with Crippen molar-refractivity contribution in [2.75, 3.05) is 12.3 Å². The second kappa shape index (κ2) is 7.43. The molecule has 0 heterocycles. The monoisotopic (exact) mass is 339 g/mol. The number of aliphatic hydroxyl groups excluding tert-OH is 1. The van der Waals surface area contributed by atoms with Crippen molar-refractivity contribution in [1.82, 2.24) is 4.72 Å². The molecular formula is C14H20F3NO3S. The summed E-state index contributed by atoms with van der Waals surface area (Å²) in [4.78, 5) is 0. The Kier molecular flexibility index (Phi) is 6.39. The number of hydrogen-bond donors (Lipinski definition) is 2. The first-order valence-corrected chi connectivity index (χ1v) is 8.49. The van der Waals surface area contributed by atoms with Crippen LogP contribution in [0.15, 0.2) is 24.3 Å². The summed E-state index contributed by atoms with van der Waals surface area (Å²) in [6.07, 6.45) is -5.38. The summed E-state index contributed by atoms with van der Waals surface area (Å²) in [6, 6.07) is 4.20. The Morgan fingerprint density at radius 3 is 2.45 bits per heavy atom. The average molecular weight is 339 g/mol. The van der Waals surface area contributed by atoms with Crippen LogP contribution in [0.5, 0.6) is 0 Å². The highest BCUT2D eigenvalue weighted by molar-refractivity contribution is 7.89. The molecule has 1 aromatic rings. The Bertz CT molecular complexity index is 585. The van der Waals surface area contributed by atoms with Gasteiger partial charge in [-0.3, -0.25) is 0 Å². The fourth-order valence-corrected chi connectivity index (χ4v) is 3.05. The first kappa shape index (κ1) is 18.9. The Labute approximate surface area is 128 Å². The molecule has 1 rings (SSSR count). The number of sulfonamides is 1. The molecule has 0 bridgehead atoms. The van der Waals surface area contributed by atoms with Gasteiger partial charge in [0.15, 0.2) is 0 Å². The minimum Gasteiger partial charge on any atom is -0.387 e. The Balaban J connectivity index is 2.68. The van der Waals surface area contributed by atoms with Crippen molar-refractivity contribution in [2.45, 2.75) is 32.5 Å². The third-order valence-electron chi connectivity index (χ3n) is 3.06. The number of nitrogens with one attached hydrogen (secondary N) is 1. The van der Waals surface area contributed by atoms with E-state index < -0.39 is 27.9 Å². The molecule has 0 aromatic heterocycles. The van der Waals surface area contributed by atoms with Crippen molar-refractivity contribution in [3.05, 3.63) is 35.4 Å². The molecule has 1 aromatic carbocycles. The number of rotatable bonds is 7. The summed E-state index contributed by atoms with van der Waals surface area (Å²) < 4.78 is 63.4. The normalized spacial score (nSPS) is 14.3. The first-order valence-electron chi connectivity index (χ1n) is 6.84. The molecule has 0 saturated heterocycles. The molecular weight excluding hydrogens is 319 g/mol. The van der Waals surface area contributed by atoms with Gasteiger partial charge < -0.3 is 5.11 Å². The van der Waals surface area contributed by atoms with Gasteiger partial charge in [0.1, 0.15) is 0 Å². The average Bonchev–Trinajstić information content (AvgIpc) is 2.42. The van der Waals surface area contributed by atoms with Gasteiger partial charge in [0.05, 0.1) is 17.4 Å². The Hall–Kier alpha value is -1.12. The molecule has 4 nitrogen and oxygen atoms in total. The molecule has 0 aliphatic carbocycles. The molecule has 8 heteroatoms. The quantitative estimate of drug-likeness (QED) is 0.803. The van der Waals surface area contributed by atoms with Gasteiger partial charge in [0.25, 0.3) is 0 Å². The standard InChI is InChI=1S/C14H20F3NO3S/c1-10(2)6-7-22(20,21)18-9-13(19)11-4-3-5-12(8-11)14(15,16)17/h3-5,8,10,13,18-19H,6-7,9H2,1-2H3. The largest absolute Gasteiger partial charge is 0.416 e. The number of hydrogen-bond acceptors (Lipinski definition) is 3. The van der Waals surface area contributed by atoms with Crippen LogP contribution in [0.3, 0.4) is 0 Å². The summed E-state index contributed by atoms with van der Waals surface area (Å²) in [5.74, 6) is 0.130. The predicted molar refractivity (Wildman–Crippen MR) is 77.6 cm³/mol. The SMILES string of the molecule is CC(C)CCS(=O)(=O)NCC(O)c1cccc(C(F)(F)F)c1. The van der Waals surface area contributed by atoms with Crippen molar-refractivity contribution in [3.8, 4) is 0 Å². The van der Waals surface area contributed by atoms with Crippen LogP contribution in [-0.2, 0) is 16.2 Å². The molecule has 0 saturated carbocycles. The van der Waals surface area contributed by atoms with E-state index in [1.54, 1.807) is 0 Å². The van der Waals surface area contributed by atoms with E-state index in [0.717, 1.165) is 12.1 Å². The maximum Gasteiger partial charge on any atom is 0.416 e. The highest BCUT2D eigenvalue weighted by Crippen LogP contribution is 2.30. The van der Waals surface area contributed by atoms with Gasteiger partial charge in [-0.25, -0.2) is 13.1 Å². The van der Waals surface area contributed by atoms with E-state index in [2.05, 4.69) is 4.72 Å². The fraction of sp³-hybridized carbons (Fsp3) is 0.571. The van der Waals surface area contributed by atoms with Gasteiger partial charge in [0.2, 0.25) is 10.0 Å². The molecule has 0 radical (unpaired) electrons. The van der Waals surface area contributed by atoms with Gasteiger partial charge in [-0.1, -0.05) is 26.0 Å². The number of benzene rings is 1. The van der Waals surface area contributed by atoms with Crippen molar-refractivity contribution in [3.63, 3.8) is 0 Å². The molecule has 0 aliphatic rings. The summed E-state index contributed by atoms with van der Waals surface area (Å²) >= 11 is 0. The maximum atomic E-state index is 12.6. The second-order valence-electron chi connectivity index (χ2n) is 5.49. The molecule has 0 spiro atoms. The lowest BCUT2D eigenvalue weighted by molar-refractivity contribution is -0.137. The highest BCUT2D eigenvalue weighted by Gasteiger charge is 2.30. The van der Waals surface area contributed by atoms with E-state index in [-0.39, 0.29) is 23.8 Å². The van der Waals surface area contributed by atoms with Crippen LogP contribution in [0.25, 0.3) is 0 Å². The molecule has 1 atom stereocenters. The van der Waals surface area contributed by atoms with Crippen LogP contribution in [0.1, 0.15) is 37.5 Å². The molecule has 0 fully saturated rings. The zero-order chi connectivity index (χ0) is 17.0. The maximum absolute atomic E-state index is 12.6. The lowest BCUT2D eigenvalue weighted by Gasteiger charge is -2.15. The Morgan fingerprint density at radius 2 is 1.91 bits per heavy atom. The highest BCUT2D eigenvalue weighted by atomic mass is 32.2. The van der Waals surface area contributed by atoms with Crippen molar-refractivity contribution in [2.24, 2.45) is 5.92 Å². The topological polar surface area (TPSA) is 66.4 Å². The summed E-state index contributed by atoms with van der Waals surface area (Å²) in [5, 5.41) is 9.86. The first-order chi connectivity index (χ1) is 10.0. The van der Waals surface area contributed by atoms with E-state index in [9.17, 15) is 26.7 Å². The Morgan fingerprint density at radius 1 is 1.27 bits per heavy atom. The summed E-state index contributed by atoms with van der Waals surface area (Å²) in [6.45, 7) is 3.40. The van der Waals surface area contributed by atoms with Gasteiger partial charge >= 0.3 is 6.18 Å². The van der Waals surface area contributed by atoms with Crippen LogP contribution < -0.4 is 4.72 Å².